The van der Waals surface area contributed by atoms with Gasteiger partial charge in [-0.3, -0.25) is 14.3 Å². The Morgan fingerprint density at radius 1 is 0.519 bits per heavy atom. The van der Waals surface area contributed by atoms with Crippen LogP contribution in [-0.4, -0.2) is 65.9 Å². The summed E-state index contributed by atoms with van der Waals surface area (Å²) in [5.41, 5.74) is 13.4. The van der Waals surface area contributed by atoms with E-state index in [4.69, 9.17) is 9.97 Å². The average Bonchev–Trinajstić information content (AvgIpc) is 3.79. The van der Waals surface area contributed by atoms with Crippen LogP contribution in [0.15, 0.2) is 85.2 Å². The summed E-state index contributed by atoms with van der Waals surface area (Å²) in [6.07, 6.45) is 8.66. The van der Waals surface area contributed by atoms with Crippen molar-refractivity contribution in [2.24, 2.45) is 14.1 Å². The molecule has 54 heavy (non-hydrogen) atoms. The van der Waals surface area contributed by atoms with Crippen molar-refractivity contribution in [2.45, 2.75) is 51.4 Å². The third-order valence-corrected chi connectivity index (χ3v) is 11.1. The van der Waals surface area contributed by atoms with Crippen LogP contribution in [0.25, 0.3) is 66.0 Å². The number of hydrogen-bond donors (Lipinski definition) is 2. The van der Waals surface area contributed by atoms with Gasteiger partial charge in [0.05, 0.1) is 22.1 Å². The zero-order chi connectivity index (χ0) is 36.8. The van der Waals surface area contributed by atoms with Gasteiger partial charge in [0.25, 0.3) is 0 Å². The standard InChI is InChI=1S/C23H24N4.C21H22N6/c1-15-11-19(13-20-14-27(2)26-23(15)20)17-3-5-22-18(12-17)4-6-21(25-22)16-7-9-24-10-8-16;1-13-9-16(10-17-12-27(2)26-20(13)17)15-3-4-18-19(11-15)24-25-21(23-18)14-5-7-22-8-6-14/h3-6,11-14,16,24H,7-10H2,1-2H3;3-4,9-12,14,22H,5-8H2,1-2H3. The number of pyridine rings is 1. The van der Waals surface area contributed by atoms with E-state index in [1.807, 2.05) is 23.5 Å². The first kappa shape index (κ1) is 34.2. The van der Waals surface area contributed by atoms with Crippen LogP contribution in [0.3, 0.4) is 0 Å². The van der Waals surface area contributed by atoms with Gasteiger partial charge in [0, 0.05) is 60.2 Å². The molecule has 2 fully saturated rings. The molecule has 272 valence electrons. The van der Waals surface area contributed by atoms with Crippen molar-refractivity contribution < 1.29 is 0 Å². The van der Waals surface area contributed by atoms with Crippen molar-refractivity contribution in [3.05, 3.63) is 108 Å². The number of aryl methyl sites for hydroxylation is 4. The molecule has 10 rings (SSSR count). The second-order valence-electron chi connectivity index (χ2n) is 15.1. The van der Waals surface area contributed by atoms with Gasteiger partial charge in [-0.25, -0.2) is 4.98 Å². The lowest BCUT2D eigenvalue weighted by Gasteiger charge is -2.22. The summed E-state index contributed by atoms with van der Waals surface area (Å²) in [6, 6.07) is 26.2. The minimum absolute atomic E-state index is 0.415. The fourth-order valence-corrected chi connectivity index (χ4v) is 8.24. The monoisotopic (exact) mass is 714 g/mol. The van der Waals surface area contributed by atoms with Gasteiger partial charge in [-0.2, -0.15) is 10.2 Å². The predicted molar refractivity (Wildman–Crippen MR) is 218 cm³/mol. The Balaban J connectivity index is 0.000000142. The zero-order valence-corrected chi connectivity index (χ0v) is 31.5. The van der Waals surface area contributed by atoms with Crippen LogP contribution in [0.4, 0.5) is 0 Å². The first-order valence-electron chi connectivity index (χ1n) is 19.2. The highest BCUT2D eigenvalue weighted by Crippen LogP contribution is 2.32. The summed E-state index contributed by atoms with van der Waals surface area (Å²) in [4.78, 5) is 9.75. The molecule has 0 unspecified atom stereocenters. The van der Waals surface area contributed by atoms with E-state index in [0.29, 0.717) is 11.8 Å². The summed E-state index contributed by atoms with van der Waals surface area (Å²) >= 11 is 0. The van der Waals surface area contributed by atoms with Crippen molar-refractivity contribution in [1.82, 2.24) is 50.4 Å². The van der Waals surface area contributed by atoms with Crippen LogP contribution in [0.2, 0.25) is 0 Å². The largest absolute Gasteiger partial charge is 0.317 e. The molecule has 4 aromatic heterocycles. The third kappa shape index (κ3) is 6.83. The smallest absolute Gasteiger partial charge is 0.154 e. The molecule has 10 heteroatoms. The Morgan fingerprint density at radius 2 is 1.07 bits per heavy atom. The van der Waals surface area contributed by atoms with E-state index < -0.39 is 0 Å². The number of hydrogen-bond acceptors (Lipinski definition) is 8. The third-order valence-electron chi connectivity index (χ3n) is 11.1. The lowest BCUT2D eigenvalue weighted by Crippen LogP contribution is -2.27. The lowest BCUT2D eigenvalue weighted by atomic mass is 9.93. The van der Waals surface area contributed by atoms with Crippen LogP contribution in [0.5, 0.6) is 0 Å². The predicted octanol–water partition coefficient (Wildman–Crippen LogP) is 7.92. The number of benzene rings is 4. The first-order chi connectivity index (χ1) is 26.3. The van der Waals surface area contributed by atoms with E-state index >= 15 is 0 Å². The number of piperidine rings is 2. The Labute approximate surface area is 315 Å². The Kier molecular flexibility index (Phi) is 9.08. The topological polar surface area (TPSA) is 111 Å². The van der Waals surface area contributed by atoms with E-state index in [1.54, 1.807) is 0 Å². The minimum Gasteiger partial charge on any atom is -0.317 e. The van der Waals surface area contributed by atoms with Gasteiger partial charge in [0.1, 0.15) is 5.52 Å². The quantitative estimate of drug-likeness (QED) is 0.189. The van der Waals surface area contributed by atoms with Gasteiger partial charge < -0.3 is 10.6 Å². The highest BCUT2D eigenvalue weighted by molar-refractivity contribution is 5.91. The van der Waals surface area contributed by atoms with Gasteiger partial charge in [-0.1, -0.05) is 18.2 Å². The van der Waals surface area contributed by atoms with Crippen LogP contribution in [0.1, 0.15) is 60.2 Å². The maximum Gasteiger partial charge on any atom is 0.154 e. The summed E-state index contributed by atoms with van der Waals surface area (Å²) in [5.74, 6) is 1.88. The van der Waals surface area contributed by atoms with Crippen LogP contribution < -0.4 is 10.6 Å². The molecule has 0 saturated carbocycles. The van der Waals surface area contributed by atoms with Crippen molar-refractivity contribution in [2.75, 3.05) is 26.2 Å². The van der Waals surface area contributed by atoms with Crippen LogP contribution >= 0.6 is 0 Å². The van der Waals surface area contributed by atoms with Crippen LogP contribution in [0, 0.1) is 13.8 Å². The minimum atomic E-state index is 0.415. The molecule has 0 bridgehead atoms. The van der Waals surface area contributed by atoms with Gasteiger partial charge in [0.2, 0.25) is 0 Å². The molecule has 6 heterocycles. The molecule has 10 nitrogen and oxygen atoms in total. The van der Waals surface area contributed by atoms with Crippen molar-refractivity contribution >= 4 is 43.7 Å². The summed E-state index contributed by atoms with van der Waals surface area (Å²) in [7, 11) is 3.93. The van der Waals surface area contributed by atoms with Gasteiger partial charge >= 0.3 is 0 Å². The average molecular weight is 715 g/mol. The second-order valence-corrected chi connectivity index (χ2v) is 15.1. The molecule has 0 aliphatic carbocycles. The molecule has 2 aliphatic heterocycles. The van der Waals surface area contributed by atoms with E-state index in [9.17, 15) is 0 Å². The number of aromatic nitrogens is 8. The fourth-order valence-electron chi connectivity index (χ4n) is 8.24. The highest BCUT2D eigenvalue weighted by Gasteiger charge is 2.20. The Hall–Kier alpha value is -5.58. The lowest BCUT2D eigenvalue weighted by molar-refractivity contribution is 0.443. The molecule has 0 atom stereocenters. The van der Waals surface area contributed by atoms with E-state index in [2.05, 4.69) is 130 Å². The van der Waals surface area contributed by atoms with E-state index in [-0.39, 0.29) is 0 Å². The Bertz CT molecular complexity index is 2460. The molecule has 2 N–H and O–H groups in total. The SMILES string of the molecule is Cc1cc(-c2ccc3nc(C4CCNCC4)ccc3c2)cc2cn(C)nc12.Cc1cc(-c2ccc3nc(C4CCNCC4)nnc3c2)cc2cn(C)nc12. The number of fused-ring (bicyclic) bond motifs is 4. The molecule has 0 radical (unpaired) electrons. The highest BCUT2D eigenvalue weighted by atomic mass is 15.2. The Morgan fingerprint density at radius 3 is 1.70 bits per heavy atom. The summed E-state index contributed by atoms with van der Waals surface area (Å²) in [5, 5.41) is 28.4. The van der Waals surface area contributed by atoms with Gasteiger partial charge in [0.15, 0.2) is 5.82 Å². The molecular formula is C44H46N10. The van der Waals surface area contributed by atoms with Crippen LogP contribution in [-0.2, 0) is 14.1 Å². The summed E-state index contributed by atoms with van der Waals surface area (Å²) in [6.45, 7) is 8.49. The molecule has 2 aliphatic rings. The first-order valence-corrected chi connectivity index (χ1v) is 19.2. The van der Waals surface area contributed by atoms with Gasteiger partial charge in [-0.05, 0) is 154 Å². The van der Waals surface area contributed by atoms with Crippen molar-refractivity contribution in [1.29, 1.82) is 0 Å². The number of rotatable bonds is 4. The van der Waals surface area contributed by atoms with Gasteiger partial charge in [-0.15, -0.1) is 10.2 Å². The molecule has 4 aromatic carbocycles. The molecule has 0 spiro atoms. The maximum absolute atomic E-state index is 4.96. The normalized spacial score (nSPS) is 15.6. The molecule has 8 aromatic rings. The van der Waals surface area contributed by atoms with E-state index in [1.165, 1.54) is 57.1 Å². The summed E-state index contributed by atoms with van der Waals surface area (Å²) < 4.78 is 3.74. The van der Waals surface area contributed by atoms with Crippen molar-refractivity contribution in [3.63, 3.8) is 0 Å². The molecular weight excluding hydrogens is 669 g/mol. The van der Waals surface area contributed by atoms with Crippen molar-refractivity contribution in [3.8, 4) is 22.3 Å². The number of nitrogens with one attached hydrogen (secondary N) is 2. The molecule has 0 amide bonds. The maximum atomic E-state index is 4.96. The molecule has 2 saturated heterocycles. The zero-order valence-electron chi connectivity index (χ0n) is 31.5. The number of nitrogens with zero attached hydrogens (tertiary/aromatic N) is 8. The second kappa shape index (κ2) is 14.3. The van der Waals surface area contributed by atoms with E-state index in [0.717, 1.165) is 83.4 Å². The fraction of sp³-hybridized carbons (Fsp3) is 0.318.